The Kier molecular flexibility index (Phi) is 7.87. The molecule has 32 heavy (non-hydrogen) atoms. The minimum Gasteiger partial charge on any atom is -0.497 e. The van der Waals surface area contributed by atoms with Gasteiger partial charge in [-0.05, 0) is 48.2 Å². The summed E-state index contributed by atoms with van der Waals surface area (Å²) in [5.74, 6) is -0.517. The van der Waals surface area contributed by atoms with Crippen molar-refractivity contribution in [3.8, 4) is 5.75 Å². The molecule has 3 rings (SSSR count). The third kappa shape index (κ3) is 5.46. The number of likely N-dealkylation sites (tertiary alicyclic amines) is 1. The highest BCUT2D eigenvalue weighted by molar-refractivity contribution is 5.92. The van der Waals surface area contributed by atoms with Crippen molar-refractivity contribution < 1.29 is 23.9 Å². The molecule has 1 saturated heterocycles. The minimum absolute atomic E-state index is 0.0605. The van der Waals surface area contributed by atoms with Crippen LogP contribution in [-0.2, 0) is 20.9 Å². The Labute approximate surface area is 188 Å². The predicted octanol–water partition coefficient (Wildman–Crippen LogP) is 3.62. The summed E-state index contributed by atoms with van der Waals surface area (Å²) in [5, 5.41) is 0. The van der Waals surface area contributed by atoms with E-state index < -0.39 is 11.8 Å². The Morgan fingerprint density at radius 2 is 1.78 bits per heavy atom. The largest absolute Gasteiger partial charge is 0.497 e. The number of unbranched alkanes of at least 4 members (excludes halogenated alkanes) is 1. The number of piperidine rings is 1. The van der Waals surface area contributed by atoms with E-state index in [1.54, 1.807) is 31.4 Å². The van der Waals surface area contributed by atoms with Gasteiger partial charge < -0.3 is 20.1 Å². The van der Waals surface area contributed by atoms with Gasteiger partial charge in [0.1, 0.15) is 12.4 Å². The monoisotopic (exact) mass is 438 g/mol. The Hall–Kier alpha value is -3.35. The smallest absolute Gasteiger partial charge is 0.311 e. The lowest BCUT2D eigenvalue weighted by atomic mass is 9.84. The molecule has 7 heteroatoms. The molecule has 0 bridgehead atoms. The van der Waals surface area contributed by atoms with Crippen LogP contribution in [0.1, 0.15) is 60.1 Å². The lowest BCUT2D eigenvalue weighted by Crippen LogP contribution is -2.46. The normalized spacial score (nSPS) is 18.3. The minimum atomic E-state index is -0.505. The average Bonchev–Trinajstić information content (AvgIpc) is 2.82. The van der Waals surface area contributed by atoms with Gasteiger partial charge in [-0.2, -0.15) is 0 Å². The second-order valence-electron chi connectivity index (χ2n) is 7.97. The van der Waals surface area contributed by atoms with E-state index in [-0.39, 0.29) is 24.5 Å². The van der Waals surface area contributed by atoms with Crippen molar-refractivity contribution in [1.29, 1.82) is 0 Å². The third-order valence-corrected chi connectivity index (χ3v) is 5.84. The summed E-state index contributed by atoms with van der Waals surface area (Å²) < 4.78 is 10.9. The number of hydrogen-bond donors (Lipinski definition) is 1. The molecule has 1 aliphatic rings. The van der Waals surface area contributed by atoms with Crippen molar-refractivity contribution in [2.24, 2.45) is 11.7 Å². The van der Waals surface area contributed by atoms with E-state index in [1.165, 1.54) is 0 Å². The molecule has 0 aliphatic carbocycles. The number of nitrogens with zero attached hydrogens (tertiary/aromatic N) is 1. The molecule has 7 nitrogen and oxygen atoms in total. The van der Waals surface area contributed by atoms with Gasteiger partial charge in [-0.3, -0.25) is 14.4 Å². The maximum absolute atomic E-state index is 13.1. The SMILES string of the molecule is CCCCN1C(=O)CCC(C(=O)OCc2ccc(C(N)=O)cc2)C1c1ccc(OC)cc1. The van der Waals surface area contributed by atoms with Crippen molar-refractivity contribution >= 4 is 17.8 Å². The van der Waals surface area contributed by atoms with Crippen LogP contribution in [0.3, 0.4) is 0 Å². The van der Waals surface area contributed by atoms with Gasteiger partial charge in [0.15, 0.2) is 0 Å². The first kappa shape index (κ1) is 23.3. The van der Waals surface area contributed by atoms with Crippen molar-refractivity contribution in [2.45, 2.75) is 45.3 Å². The molecule has 2 aromatic carbocycles. The second kappa shape index (κ2) is 10.8. The maximum atomic E-state index is 13.1. The molecular formula is C25H30N2O5. The van der Waals surface area contributed by atoms with Gasteiger partial charge in [0.2, 0.25) is 11.8 Å². The maximum Gasteiger partial charge on any atom is 0.311 e. The molecule has 0 radical (unpaired) electrons. The molecule has 2 N–H and O–H groups in total. The molecule has 0 aromatic heterocycles. The number of amides is 2. The highest BCUT2D eigenvalue weighted by atomic mass is 16.5. The molecule has 170 valence electrons. The van der Waals surface area contributed by atoms with Gasteiger partial charge in [-0.15, -0.1) is 0 Å². The summed E-state index contributed by atoms with van der Waals surface area (Å²) in [6.07, 6.45) is 2.59. The zero-order valence-corrected chi connectivity index (χ0v) is 18.6. The quantitative estimate of drug-likeness (QED) is 0.603. The van der Waals surface area contributed by atoms with Gasteiger partial charge in [-0.1, -0.05) is 37.6 Å². The first-order valence-corrected chi connectivity index (χ1v) is 10.9. The van der Waals surface area contributed by atoms with Crippen LogP contribution in [0.5, 0.6) is 5.75 Å². The Balaban J connectivity index is 1.79. The van der Waals surface area contributed by atoms with E-state index in [1.807, 2.05) is 29.2 Å². The second-order valence-corrected chi connectivity index (χ2v) is 7.97. The summed E-state index contributed by atoms with van der Waals surface area (Å²) in [7, 11) is 1.60. The van der Waals surface area contributed by atoms with Crippen LogP contribution in [0.4, 0.5) is 0 Å². The van der Waals surface area contributed by atoms with Crippen LogP contribution in [0.2, 0.25) is 0 Å². The fraction of sp³-hybridized carbons (Fsp3) is 0.400. The highest BCUT2D eigenvalue weighted by Crippen LogP contribution is 2.38. The Bertz CT molecular complexity index is 940. The number of primary amides is 1. The number of esters is 1. The van der Waals surface area contributed by atoms with Crippen LogP contribution in [0.15, 0.2) is 48.5 Å². The van der Waals surface area contributed by atoms with Crippen molar-refractivity contribution in [1.82, 2.24) is 4.90 Å². The fourth-order valence-electron chi connectivity index (χ4n) is 4.03. The summed E-state index contributed by atoms with van der Waals surface area (Å²) in [4.78, 5) is 38.9. The van der Waals surface area contributed by atoms with Crippen LogP contribution in [0, 0.1) is 5.92 Å². The Morgan fingerprint density at radius 1 is 1.09 bits per heavy atom. The first-order chi connectivity index (χ1) is 15.4. The molecule has 1 fully saturated rings. The lowest BCUT2D eigenvalue weighted by molar-refractivity contribution is -0.158. The van der Waals surface area contributed by atoms with Crippen LogP contribution in [-0.4, -0.2) is 36.3 Å². The van der Waals surface area contributed by atoms with Crippen LogP contribution < -0.4 is 10.5 Å². The van der Waals surface area contributed by atoms with E-state index >= 15 is 0 Å². The number of ether oxygens (including phenoxy) is 2. The molecule has 2 atom stereocenters. The number of carbonyl (C=O) groups excluding carboxylic acids is 3. The summed E-state index contributed by atoms with van der Waals surface area (Å²) in [6, 6.07) is 13.8. The van der Waals surface area contributed by atoms with Gasteiger partial charge >= 0.3 is 5.97 Å². The van der Waals surface area contributed by atoms with E-state index in [4.69, 9.17) is 15.2 Å². The van der Waals surface area contributed by atoms with Gasteiger partial charge in [0.25, 0.3) is 0 Å². The van der Waals surface area contributed by atoms with Gasteiger partial charge in [-0.25, -0.2) is 0 Å². The van der Waals surface area contributed by atoms with Crippen molar-refractivity contribution in [3.05, 3.63) is 65.2 Å². The van der Waals surface area contributed by atoms with Crippen LogP contribution >= 0.6 is 0 Å². The first-order valence-electron chi connectivity index (χ1n) is 10.9. The molecule has 2 aromatic rings. The van der Waals surface area contributed by atoms with Crippen LogP contribution in [0.25, 0.3) is 0 Å². The van der Waals surface area contributed by atoms with E-state index in [0.29, 0.717) is 24.9 Å². The molecule has 2 amide bonds. The van der Waals surface area contributed by atoms with Crippen molar-refractivity contribution in [2.75, 3.05) is 13.7 Å². The van der Waals surface area contributed by atoms with E-state index in [0.717, 1.165) is 29.7 Å². The summed E-state index contributed by atoms with van der Waals surface area (Å²) in [6.45, 7) is 2.77. The number of benzene rings is 2. The number of nitrogens with two attached hydrogens (primary N) is 1. The highest BCUT2D eigenvalue weighted by Gasteiger charge is 2.41. The van der Waals surface area contributed by atoms with Gasteiger partial charge in [0.05, 0.1) is 19.1 Å². The molecule has 1 heterocycles. The molecule has 0 spiro atoms. The average molecular weight is 439 g/mol. The van der Waals surface area contributed by atoms with Crippen molar-refractivity contribution in [3.63, 3.8) is 0 Å². The fourth-order valence-corrected chi connectivity index (χ4v) is 4.03. The number of carbonyl (C=O) groups is 3. The Morgan fingerprint density at radius 3 is 2.38 bits per heavy atom. The molecular weight excluding hydrogens is 408 g/mol. The predicted molar refractivity (Wildman–Crippen MR) is 120 cm³/mol. The topological polar surface area (TPSA) is 98.9 Å². The third-order valence-electron chi connectivity index (χ3n) is 5.84. The van der Waals surface area contributed by atoms with Gasteiger partial charge in [0, 0.05) is 18.5 Å². The number of rotatable bonds is 9. The van der Waals surface area contributed by atoms with E-state index in [2.05, 4.69) is 6.92 Å². The zero-order valence-electron chi connectivity index (χ0n) is 18.6. The van der Waals surface area contributed by atoms with E-state index in [9.17, 15) is 14.4 Å². The standard InChI is InChI=1S/C25H30N2O5/c1-3-4-15-27-22(28)14-13-21(23(27)18-9-11-20(31-2)12-10-18)25(30)32-16-17-5-7-19(8-6-17)24(26)29/h5-12,21,23H,3-4,13-16H2,1-2H3,(H2,26,29). The number of methoxy groups -OCH3 is 1. The molecule has 2 unspecified atom stereocenters. The lowest BCUT2D eigenvalue weighted by Gasteiger charge is -2.40. The summed E-state index contributed by atoms with van der Waals surface area (Å²) >= 11 is 0. The number of hydrogen-bond acceptors (Lipinski definition) is 5. The molecule has 1 aliphatic heterocycles. The summed E-state index contributed by atoms with van der Waals surface area (Å²) in [5.41, 5.74) is 7.32. The molecule has 0 saturated carbocycles. The zero-order chi connectivity index (χ0) is 23.1.